The molecule has 1 aromatic heterocycles. The molecule has 2 heterocycles. The summed E-state index contributed by atoms with van der Waals surface area (Å²) < 4.78 is 107. The lowest BCUT2D eigenvalue weighted by Gasteiger charge is -2.31. The predicted molar refractivity (Wildman–Crippen MR) is 182 cm³/mol. The van der Waals surface area contributed by atoms with E-state index in [1.165, 1.54) is 6.92 Å². The van der Waals surface area contributed by atoms with E-state index in [1.807, 2.05) is 4.90 Å². The second-order valence-corrected chi connectivity index (χ2v) is 13.7. The average Bonchev–Trinajstić information content (AvgIpc) is 3.01. The Morgan fingerprint density at radius 2 is 1.58 bits per heavy atom. The zero-order valence-corrected chi connectivity index (χ0v) is 30.0. The highest BCUT2D eigenvalue weighted by atomic mass is 19.4. The van der Waals surface area contributed by atoms with Crippen LogP contribution in [0.25, 0.3) is 11.1 Å². The molecular weight excluding hydrogens is 695 g/mol. The van der Waals surface area contributed by atoms with Gasteiger partial charge in [-0.1, -0.05) is 26.0 Å². The molecule has 0 aliphatic carbocycles. The monoisotopic (exact) mass is 739 g/mol. The van der Waals surface area contributed by atoms with E-state index in [9.17, 15) is 40.7 Å². The van der Waals surface area contributed by atoms with Crippen LogP contribution < -0.4 is 10.9 Å². The lowest BCUT2D eigenvalue weighted by Crippen LogP contribution is -2.41. The number of alkyl halides is 6. The minimum atomic E-state index is -5.17. The van der Waals surface area contributed by atoms with Crippen LogP contribution in [0.2, 0.25) is 0 Å². The maximum absolute atomic E-state index is 16.1. The van der Waals surface area contributed by atoms with Crippen LogP contribution in [0.3, 0.4) is 0 Å². The fourth-order valence-electron chi connectivity index (χ4n) is 6.52. The normalized spacial score (nSPS) is 15.0. The van der Waals surface area contributed by atoms with Crippen molar-refractivity contribution in [3.8, 4) is 11.1 Å². The molecule has 7 nitrogen and oxygen atoms in total. The molecular formula is C38H44F7N3O4. The summed E-state index contributed by atoms with van der Waals surface area (Å²) in [7, 11) is 0. The summed E-state index contributed by atoms with van der Waals surface area (Å²) in [6.45, 7) is 11.7. The first kappa shape index (κ1) is 40.6. The molecule has 1 N–H and O–H groups in total. The number of carbonyl (C=O) groups is 2. The third-order valence-electron chi connectivity index (χ3n) is 9.45. The van der Waals surface area contributed by atoms with Crippen LogP contribution in [-0.2, 0) is 33.1 Å². The van der Waals surface area contributed by atoms with Gasteiger partial charge in [-0.05, 0) is 111 Å². The second-order valence-electron chi connectivity index (χ2n) is 13.7. The number of amides is 1. The number of halogens is 7. The molecule has 0 saturated carbocycles. The zero-order chi connectivity index (χ0) is 38.7. The smallest absolute Gasteiger partial charge is 0.419 e. The van der Waals surface area contributed by atoms with Crippen LogP contribution in [0.1, 0.15) is 91.1 Å². The summed E-state index contributed by atoms with van der Waals surface area (Å²) in [5.41, 5.74) is -2.32. The van der Waals surface area contributed by atoms with Crippen molar-refractivity contribution in [2.24, 2.45) is 5.92 Å². The molecule has 0 unspecified atom stereocenters. The number of esters is 1. The van der Waals surface area contributed by atoms with Crippen molar-refractivity contribution in [3.05, 3.63) is 91.6 Å². The molecule has 0 radical (unpaired) electrons. The van der Waals surface area contributed by atoms with Gasteiger partial charge in [-0.2, -0.15) is 26.3 Å². The first-order chi connectivity index (χ1) is 24.2. The molecule has 3 aromatic rings. The van der Waals surface area contributed by atoms with E-state index in [-0.39, 0.29) is 36.5 Å². The molecule has 284 valence electrons. The van der Waals surface area contributed by atoms with Gasteiger partial charge in [0.1, 0.15) is 11.9 Å². The zero-order valence-electron chi connectivity index (χ0n) is 30.0. The molecule has 1 aliphatic rings. The summed E-state index contributed by atoms with van der Waals surface area (Å²) in [6.07, 6.45) is -9.02. The van der Waals surface area contributed by atoms with E-state index < -0.39 is 70.8 Å². The number of ether oxygens (including phenoxy) is 1. The number of pyridine rings is 1. The molecule has 0 spiro atoms. The molecule has 2 aromatic carbocycles. The second kappa shape index (κ2) is 16.2. The Bertz CT molecular complexity index is 1850. The van der Waals surface area contributed by atoms with Gasteiger partial charge in [0.25, 0.3) is 5.56 Å². The number of hydrogen-bond acceptors (Lipinski definition) is 5. The van der Waals surface area contributed by atoms with Crippen LogP contribution in [0, 0.1) is 32.5 Å². The Kier molecular flexibility index (Phi) is 12.7. The number of likely N-dealkylation sites (tertiary alicyclic amines) is 1. The van der Waals surface area contributed by atoms with Gasteiger partial charge in [-0.15, -0.1) is 0 Å². The summed E-state index contributed by atoms with van der Waals surface area (Å²) in [4.78, 5) is 42.3. The summed E-state index contributed by atoms with van der Waals surface area (Å²) in [5, 5.41) is 2.49. The number of aromatic nitrogens is 1. The largest absolute Gasteiger partial charge is 0.466 e. The van der Waals surface area contributed by atoms with Crippen LogP contribution >= 0.6 is 0 Å². The van der Waals surface area contributed by atoms with E-state index in [4.69, 9.17) is 4.74 Å². The van der Waals surface area contributed by atoms with E-state index in [0.717, 1.165) is 41.9 Å². The van der Waals surface area contributed by atoms with Gasteiger partial charge in [0, 0.05) is 24.4 Å². The number of rotatable bonds is 13. The minimum absolute atomic E-state index is 0.00457. The molecule has 1 amide bonds. The highest BCUT2D eigenvalue weighted by Crippen LogP contribution is 2.40. The molecule has 4 rings (SSSR count). The highest BCUT2D eigenvalue weighted by Gasteiger charge is 2.39. The van der Waals surface area contributed by atoms with Crippen molar-refractivity contribution in [2.75, 3.05) is 26.2 Å². The van der Waals surface area contributed by atoms with E-state index in [2.05, 4.69) is 5.32 Å². The fraction of sp³-hybridized carbons (Fsp3) is 0.500. The van der Waals surface area contributed by atoms with Crippen molar-refractivity contribution in [3.63, 3.8) is 0 Å². The Morgan fingerprint density at radius 1 is 0.942 bits per heavy atom. The van der Waals surface area contributed by atoms with E-state index >= 15 is 4.39 Å². The van der Waals surface area contributed by atoms with Gasteiger partial charge in [-0.3, -0.25) is 14.4 Å². The van der Waals surface area contributed by atoms with Crippen LogP contribution in [0.4, 0.5) is 30.7 Å². The Labute approximate surface area is 298 Å². The first-order valence-electron chi connectivity index (χ1n) is 17.2. The Hall–Kier alpha value is -4.20. The lowest BCUT2D eigenvalue weighted by atomic mass is 9.88. The SMILES string of the molecule is CCOC(=O)C[C@H](NC(=O)[C@H](CC(C)C)n1cc(CCN2CCC2)c(C(F)(F)F)cc1=O)c1cc(-c2c(C)ccc(C)c2C)cc(C(F)(F)F)c1F. The Balaban J connectivity index is 1.87. The number of nitrogens with one attached hydrogen (secondary N) is 1. The van der Waals surface area contributed by atoms with Crippen molar-refractivity contribution in [1.82, 2.24) is 14.8 Å². The summed E-state index contributed by atoms with van der Waals surface area (Å²) >= 11 is 0. The summed E-state index contributed by atoms with van der Waals surface area (Å²) in [5.74, 6) is -3.97. The van der Waals surface area contributed by atoms with Crippen molar-refractivity contribution in [2.45, 2.75) is 91.7 Å². The average molecular weight is 740 g/mol. The molecule has 1 aliphatic heterocycles. The van der Waals surface area contributed by atoms with Crippen LogP contribution in [0.15, 0.2) is 41.3 Å². The van der Waals surface area contributed by atoms with Gasteiger partial charge in [0.2, 0.25) is 5.91 Å². The van der Waals surface area contributed by atoms with Gasteiger partial charge >= 0.3 is 18.3 Å². The molecule has 14 heteroatoms. The quantitative estimate of drug-likeness (QED) is 0.141. The number of hydrogen-bond donors (Lipinski definition) is 1. The minimum Gasteiger partial charge on any atom is -0.466 e. The maximum atomic E-state index is 16.1. The van der Waals surface area contributed by atoms with E-state index in [0.29, 0.717) is 35.4 Å². The molecule has 1 saturated heterocycles. The third kappa shape index (κ3) is 9.42. The van der Waals surface area contributed by atoms with Gasteiger partial charge in [-0.25, -0.2) is 4.39 Å². The number of benzene rings is 2. The molecule has 52 heavy (non-hydrogen) atoms. The molecule has 2 atom stereocenters. The van der Waals surface area contributed by atoms with Crippen LogP contribution in [0.5, 0.6) is 0 Å². The van der Waals surface area contributed by atoms with Crippen molar-refractivity contribution >= 4 is 11.9 Å². The van der Waals surface area contributed by atoms with Crippen molar-refractivity contribution < 1.29 is 45.1 Å². The van der Waals surface area contributed by atoms with Crippen molar-refractivity contribution in [1.29, 1.82) is 0 Å². The van der Waals surface area contributed by atoms with Gasteiger partial charge < -0.3 is 19.5 Å². The number of carbonyl (C=O) groups excluding carboxylic acids is 2. The highest BCUT2D eigenvalue weighted by molar-refractivity contribution is 5.82. The topological polar surface area (TPSA) is 80.6 Å². The first-order valence-corrected chi connectivity index (χ1v) is 17.2. The third-order valence-corrected chi connectivity index (χ3v) is 9.45. The molecule has 1 fully saturated rings. The standard InChI is InChI=1S/C38H44F7N3O4/c1-7-52-33(50)19-30(27-16-26(17-29(35(27)39)38(43,44)45)34-23(5)10-9-22(4)24(34)6)46-36(51)31(15-21(2)3)48-20-25(11-14-47-12-8-13-47)28(18-32(48)49)37(40,41)42/h9-10,16-18,20-21,30-31H,7-8,11-15,19H2,1-6H3,(H,46,51)/t30-,31-/m0/s1. The number of aryl methyl sites for hydroxylation is 2. The maximum Gasteiger partial charge on any atom is 0.419 e. The predicted octanol–water partition coefficient (Wildman–Crippen LogP) is 8.26. The molecule has 0 bridgehead atoms. The summed E-state index contributed by atoms with van der Waals surface area (Å²) in [6, 6.07) is 2.60. The fourth-order valence-corrected chi connectivity index (χ4v) is 6.52. The number of nitrogens with zero attached hydrogens (tertiary/aromatic N) is 2. The van der Waals surface area contributed by atoms with E-state index in [1.54, 1.807) is 46.8 Å². The lowest BCUT2D eigenvalue weighted by molar-refractivity contribution is -0.144. The Morgan fingerprint density at radius 3 is 2.13 bits per heavy atom. The van der Waals surface area contributed by atoms with Crippen LogP contribution in [-0.4, -0.2) is 47.6 Å². The van der Waals surface area contributed by atoms with Gasteiger partial charge in [0.15, 0.2) is 0 Å². The van der Waals surface area contributed by atoms with Gasteiger partial charge in [0.05, 0.1) is 30.2 Å².